The van der Waals surface area contributed by atoms with Crippen molar-refractivity contribution >= 4 is 29.9 Å². The van der Waals surface area contributed by atoms with E-state index in [9.17, 15) is 4.79 Å². The average Bonchev–Trinajstić information content (AvgIpc) is 3.19. The number of amides is 1. The van der Waals surface area contributed by atoms with Crippen LogP contribution in [0.4, 0.5) is 0 Å². The first-order chi connectivity index (χ1) is 13.7. The largest absolute Gasteiger partial charge is 0.326 e. The minimum absolute atomic E-state index is 0. The number of hydrogen-bond donors (Lipinski definition) is 1. The lowest BCUT2D eigenvalue weighted by Crippen LogP contribution is -2.49. The molecule has 1 N–H and O–H groups in total. The SMILES string of the molecule is CCc1nc(C(=O)N2CCNCC2c2ccccc2Cl)nn1-c1ccccc1.Cl. The van der Waals surface area contributed by atoms with Crippen LogP contribution in [-0.4, -0.2) is 45.2 Å². The van der Waals surface area contributed by atoms with Crippen molar-refractivity contribution in [1.29, 1.82) is 0 Å². The third kappa shape index (κ3) is 4.29. The molecule has 8 heteroatoms. The van der Waals surface area contributed by atoms with Gasteiger partial charge in [0.2, 0.25) is 5.82 Å². The standard InChI is InChI=1S/C21H22ClN5O.ClH/c1-2-19-24-20(25-27(19)15-8-4-3-5-9-15)21(28)26-13-12-23-14-18(26)16-10-6-7-11-17(16)22;/h3-11,18,23H,2,12-14H2,1H3;1H. The molecule has 1 aliphatic heterocycles. The molecule has 0 spiro atoms. The molecule has 3 aromatic rings. The zero-order valence-electron chi connectivity index (χ0n) is 16.1. The van der Waals surface area contributed by atoms with Crippen LogP contribution < -0.4 is 5.32 Å². The van der Waals surface area contributed by atoms with Crippen molar-refractivity contribution in [2.24, 2.45) is 0 Å². The van der Waals surface area contributed by atoms with E-state index in [1.54, 1.807) is 4.68 Å². The van der Waals surface area contributed by atoms with Crippen molar-refractivity contribution in [3.05, 3.63) is 76.8 Å². The Morgan fingerprint density at radius 2 is 1.90 bits per heavy atom. The molecule has 1 fully saturated rings. The maximum Gasteiger partial charge on any atom is 0.294 e. The maximum atomic E-state index is 13.3. The van der Waals surface area contributed by atoms with Crippen LogP contribution >= 0.6 is 24.0 Å². The molecule has 0 radical (unpaired) electrons. The van der Waals surface area contributed by atoms with Crippen LogP contribution in [0.2, 0.25) is 5.02 Å². The highest BCUT2D eigenvalue weighted by Gasteiger charge is 2.32. The molecule has 4 rings (SSSR count). The Hall–Kier alpha value is -2.41. The fourth-order valence-corrected chi connectivity index (χ4v) is 3.80. The minimum Gasteiger partial charge on any atom is -0.326 e. The number of aryl methyl sites for hydroxylation is 1. The van der Waals surface area contributed by atoms with Crippen LogP contribution in [-0.2, 0) is 6.42 Å². The van der Waals surface area contributed by atoms with E-state index in [4.69, 9.17) is 11.6 Å². The Balaban J connectivity index is 0.00000240. The van der Waals surface area contributed by atoms with Gasteiger partial charge in [0, 0.05) is 31.1 Å². The fraction of sp³-hybridized carbons (Fsp3) is 0.286. The molecule has 1 atom stereocenters. The molecule has 0 saturated carbocycles. The first-order valence-electron chi connectivity index (χ1n) is 9.46. The Kier molecular flexibility index (Phi) is 6.90. The average molecular weight is 432 g/mol. The predicted octanol–water partition coefficient (Wildman–Crippen LogP) is 3.69. The summed E-state index contributed by atoms with van der Waals surface area (Å²) in [6, 6.07) is 17.3. The Bertz CT molecular complexity index is 976. The number of hydrogen-bond acceptors (Lipinski definition) is 4. The number of rotatable bonds is 4. The zero-order chi connectivity index (χ0) is 19.5. The third-order valence-corrected chi connectivity index (χ3v) is 5.30. The van der Waals surface area contributed by atoms with Crippen LogP contribution in [0.15, 0.2) is 54.6 Å². The second-order valence-electron chi connectivity index (χ2n) is 6.69. The molecular weight excluding hydrogens is 409 g/mol. The van der Waals surface area contributed by atoms with E-state index >= 15 is 0 Å². The first kappa shape index (κ1) is 21.3. The molecule has 0 bridgehead atoms. The number of aromatic nitrogens is 3. The number of nitrogens with zero attached hydrogens (tertiary/aromatic N) is 4. The van der Waals surface area contributed by atoms with Gasteiger partial charge in [-0.3, -0.25) is 4.79 Å². The van der Waals surface area contributed by atoms with Crippen LogP contribution in [0.1, 0.15) is 35.0 Å². The van der Waals surface area contributed by atoms with E-state index in [0.29, 0.717) is 24.5 Å². The Labute approximate surface area is 181 Å². The topological polar surface area (TPSA) is 63.1 Å². The molecule has 2 heterocycles. The monoisotopic (exact) mass is 431 g/mol. The van der Waals surface area contributed by atoms with Gasteiger partial charge in [0.1, 0.15) is 5.82 Å². The summed E-state index contributed by atoms with van der Waals surface area (Å²) >= 11 is 6.40. The molecular formula is C21H23Cl2N5O. The van der Waals surface area contributed by atoms with Gasteiger partial charge in [-0.05, 0) is 23.8 Å². The summed E-state index contributed by atoms with van der Waals surface area (Å²) < 4.78 is 1.75. The Morgan fingerprint density at radius 1 is 1.17 bits per heavy atom. The minimum atomic E-state index is -0.171. The van der Waals surface area contributed by atoms with Gasteiger partial charge in [-0.25, -0.2) is 9.67 Å². The highest BCUT2D eigenvalue weighted by atomic mass is 35.5. The van der Waals surface area contributed by atoms with Gasteiger partial charge in [0.15, 0.2) is 0 Å². The number of carbonyl (C=O) groups excluding carboxylic acids is 1. The summed E-state index contributed by atoms with van der Waals surface area (Å²) in [7, 11) is 0. The summed E-state index contributed by atoms with van der Waals surface area (Å²) in [5.41, 5.74) is 1.83. The summed E-state index contributed by atoms with van der Waals surface area (Å²) in [5, 5.41) is 8.55. The van der Waals surface area contributed by atoms with Gasteiger partial charge in [-0.1, -0.05) is 54.9 Å². The zero-order valence-corrected chi connectivity index (χ0v) is 17.7. The third-order valence-electron chi connectivity index (χ3n) is 4.95. The lowest BCUT2D eigenvalue weighted by atomic mass is 10.0. The van der Waals surface area contributed by atoms with E-state index in [1.165, 1.54) is 0 Å². The van der Waals surface area contributed by atoms with Gasteiger partial charge in [0.25, 0.3) is 5.91 Å². The number of nitrogens with one attached hydrogen (secondary N) is 1. The van der Waals surface area contributed by atoms with Crippen molar-refractivity contribution in [3.8, 4) is 5.69 Å². The van der Waals surface area contributed by atoms with Gasteiger partial charge in [-0.15, -0.1) is 17.5 Å². The van der Waals surface area contributed by atoms with Gasteiger partial charge >= 0.3 is 0 Å². The van der Waals surface area contributed by atoms with E-state index < -0.39 is 0 Å². The van der Waals surface area contributed by atoms with Crippen LogP contribution in [0, 0.1) is 0 Å². The van der Waals surface area contributed by atoms with Crippen molar-refractivity contribution in [2.75, 3.05) is 19.6 Å². The number of carbonyl (C=O) groups is 1. The lowest BCUT2D eigenvalue weighted by Gasteiger charge is -2.36. The Morgan fingerprint density at radius 3 is 2.62 bits per heavy atom. The number of benzene rings is 2. The molecule has 1 aliphatic rings. The highest BCUT2D eigenvalue weighted by molar-refractivity contribution is 6.31. The summed E-state index contributed by atoms with van der Waals surface area (Å²) in [5.74, 6) is 0.814. The number of para-hydroxylation sites is 1. The molecule has 1 aromatic heterocycles. The molecule has 152 valence electrons. The number of piperazine rings is 1. The van der Waals surface area contributed by atoms with E-state index in [0.717, 1.165) is 23.6 Å². The second-order valence-corrected chi connectivity index (χ2v) is 7.10. The molecule has 1 saturated heterocycles. The van der Waals surface area contributed by atoms with Gasteiger partial charge < -0.3 is 10.2 Å². The van der Waals surface area contributed by atoms with Crippen LogP contribution in [0.25, 0.3) is 5.69 Å². The quantitative estimate of drug-likeness (QED) is 0.683. The molecule has 29 heavy (non-hydrogen) atoms. The second kappa shape index (κ2) is 9.39. The first-order valence-corrected chi connectivity index (χ1v) is 9.84. The van der Waals surface area contributed by atoms with Gasteiger partial charge in [-0.2, -0.15) is 0 Å². The molecule has 1 unspecified atom stereocenters. The smallest absolute Gasteiger partial charge is 0.294 e. The summed E-state index contributed by atoms with van der Waals surface area (Å²) in [6.07, 6.45) is 0.685. The fourth-order valence-electron chi connectivity index (χ4n) is 3.54. The van der Waals surface area contributed by atoms with E-state index in [1.807, 2.05) is 66.4 Å². The molecule has 2 aromatic carbocycles. The van der Waals surface area contributed by atoms with Crippen molar-refractivity contribution in [3.63, 3.8) is 0 Å². The molecule has 6 nitrogen and oxygen atoms in total. The van der Waals surface area contributed by atoms with Gasteiger partial charge in [0.05, 0.1) is 11.7 Å². The number of halogens is 2. The van der Waals surface area contributed by atoms with Crippen molar-refractivity contribution in [1.82, 2.24) is 25.0 Å². The van der Waals surface area contributed by atoms with Crippen molar-refractivity contribution in [2.45, 2.75) is 19.4 Å². The molecule has 1 amide bonds. The lowest BCUT2D eigenvalue weighted by molar-refractivity contribution is 0.0622. The van der Waals surface area contributed by atoms with Crippen LogP contribution in [0.5, 0.6) is 0 Å². The van der Waals surface area contributed by atoms with Crippen LogP contribution in [0.3, 0.4) is 0 Å². The molecule has 0 aliphatic carbocycles. The van der Waals surface area contributed by atoms with E-state index in [-0.39, 0.29) is 30.2 Å². The normalized spacial score (nSPS) is 16.3. The summed E-state index contributed by atoms with van der Waals surface area (Å²) in [4.78, 5) is 19.7. The summed E-state index contributed by atoms with van der Waals surface area (Å²) in [6.45, 7) is 3.97. The maximum absolute atomic E-state index is 13.3. The predicted molar refractivity (Wildman–Crippen MR) is 116 cm³/mol. The highest BCUT2D eigenvalue weighted by Crippen LogP contribution is 2.29. The van der Waals surface area contributed by atoms with Crippen molar-refractivity contribution < 1.29 is 4.79 Å². The van der Waals surface area contributed by atoms with E-state index in [2.05, 4.69) is 15.4 Å².